The van der Waals surface area contributed by atoms with Crippen molar-refractivity contribution in [2.24, 2.45) is 0 Å². The number of para-hydroxylation sites is 1. The quantitative estimate of drug-likeness (QED) is 0.744. The van der Waals surface area contributed by atoms with Gasteiger partial charge < -0.3 is 0 Å². The number of benzene rings is 1. The first-order valence-corrected chi connectivity index (χ1v) is 5.53. The zero-order chi connectivity index (χ0) is 10.3. The highest BCUT2D eigenvalue weighted by molar-refractivity contribution is 9.25. The number of fused-ring (bicyclic) bond motifs is 1. The Hall–Kier alpha value is -0.390. The van der Waals surface area contributed by atoms with E-state index in [1.165, 1.54) is 12.2 Å². The molecule has 1 amide bonds. The molecule has 74 valence electrons. The molecule has 1 heterocycles. The maximum absolute atomic E-state index is 11.8. The minimum atomic E-state index is -0.855. The summed E-state index contributed by atoms with van der Waals surface area (Å²) < 4.78 is -0.855. The molecule has 1 aromatic rings. The molecule has 0 aliphatic carbocycles. The van der Waals surface area contributed by atoms with Crippen LogP contribution in [0.25, 0.3) is 0 Å². The summed E-state index contributed by atoms with van der Waals surface area (Å²) in [5.74, 6) is -0.179. The third-order valence-corrected chi connectivity index (χ3v) is 3.63. The highest BCUT2D eigenvalue weighted by atomic mass is 79.9. The Morgan fingerprint density at radius 2 is 2.00 bits per heavy atom. The number of carbonyl (C=O) groups is 1. The number of rotatable bonds is 1. The van der Waals surface area contributed by atoms with Crippen LogP contribution in [0, 0.1) is 0 Å². The van der Waals surface area contributed by atoms with Crippen LogP contribution in [-0.2, 0) is 12.9 Å². The fourth-order valence-electron chi connectivity index (χ4n) is 1.45. The number of alkyl halides is 2. The van der Waals surface area contributed by atoms with E-state index in [2.05, 4.69) is 31.9 Å². The second kappa shape index (κ2) is 3.32. The minimum absolute atomic E-state index is 0.179. The standard InChI is InChI=1S/C9H7Br2NO2/c1-14-12-7-5-3-2-4-6(7)9(10,11)8(12)13/h2-5H,1H3. The van der Waals surface area contributed by atoms with Gasteiger partial charge in [0.2, 0.25) is 0 Å². The van der Waals surface area contributed by atoms with Crippen LogP contribution in [0.5, 0.6) is 0 Å². The van der Waals surface area contributed by atoms with Gasteiger partial charge in [-0.3, -0.25) is 9.63 Å². The molecule has 0 unspecified atom stereocenters. The number of carbonyl (C=O) groups excluding carboxylic acids is 1. The first-order chi connectivity index (χ1) is 6.59. The molecule has 0 atom stereocenters. The van der Waals surface area contributed by atoms with E-state index < -0.39 is 3.23 Å². The number of hydroxylamine groups is 1. The second-order valence-electron chi connectivity index (χ2n) is 2.87. The predicted octanol–water partition coefficient (Wildman–Crippen LogP) is 2.54. The number of halogens is 2. The zero-order valence-electron chi connectivity index (χ0n) is 7.33. The Labute approximate surface area is 98.2 Å². The van der Waals surface area contributed by atoms with Crippen LogP contribution >= 0.6 is 31.9 Å². The van der Waals surface area contributed by atoms with Gasteiger partial charge in [0.15, 0.2) is 3.23 Å². The van der Waals surface area contributed by atoms with Gasteiger partial charge in [0, 0.05) is 5.56 Å². The molecule has 3 nitrogen and oxygen atoms in total. The molecule has 2 rings (SSSR count). The molecule has 14 heavy (non-hydrogen) atoms. The van der Waals surface area contributed by atoms with E-state index in [1.54, 1.807) is 0 Å². The van der Waals surface area contributed by atoms with Gasteiger partial charge in [-0.05, 0) is 6.07 Å². The third kappa shape index (κ3) is 1.23. The maximum atomic E-state index is 11.8. The Bertz CT molecular complexity index is 392. The van der Waals surface area contributed by atoms with Crippen LogP contribution in [0.3, 0.4) is 0 Å². The molecule has 0 radical (unpaired) electrons. The largest absolute Gasteiger partial charge is 0.283 e. The van der Waals surface area contributed by atoms with Crippen LogP contribution in [-0.4, -0.2) is 13.0 Å². The molecule has 0 bridgehead atoms. The maximum Gasteiger partial charge on any atom is 0.283 e. The fourth-order valence-corrected chi connectivity index (χ4v) is 2.44. The van der Waals surface area contributed by atoms with Gasteiger partial charge in [0.1, 0.15) is 0 Å². The van der Waals surface area contributed by atoms with Crippen molar-refractivity contribution in [1.82, 2.24) is 0 Å². The van der Waals surface area contributed by atoms with E-state index in [-0.39, 0.29) is 5.91 Å². The smallest absolute Gasteiger partial charge is 0.269 e. The predicted molar refractivity (Wildman–Crippen MR) is 60.5 cm³/mol. The third-order valence-electron chi connectivity index (χ3n) is 2.10. The molecule has 0 saturated carbocycles. The zero-order valence-corrected chi connectivity index (χ0v) is 10.5. The van der Waals surface area contributed by atoms with Crippen molar-refractivity contribution in [3.05, 3.63) is 29.8 Å². The molecule has 0 aromatic heterocycles. The molecule has 0 spiro atoms. The van der Waals surface area contributed by atoms with Gasteiger partial charge in [0.25, 0.3) is 5.91 Å². The molecule has 1 aliphatic heterocycles. The lowest BCUT2D eigenvalue weighted by Gasteiger charge is -2.14. The number of anilines is 1. The molecule has 0 saturated heterocycles. The molecule has 1 aromatic carbocycles. The summed E-state index contributed by atoms with van der Waals surface area (Å²) in [5, 5.41) is 1.26. The summed E-state index contributed by atoms with van der Waals surface area (Å²) in [6.07, 6.45) is 0. The van der Waals surface area contributed by atoms with Crippen molar-refractivity contribution in [2.45, 2.75) is 3.23 Å². The lowest BCUT2D eigenvalue weighted by molar-refractivity contribution is -0.123. The van der Waals surface area contributed by atoms with Crippen LogP contribution in [0.4, 0.5) is 5.69 Å². The Balaban J connectivity index is 2.62. The summed E-state index contributed by atoms with van der Waals surface area (Å²) in [5.41, 5.74) is 1.61. The lowest BCUT2D eigenvalue weighted by atomic mass is 10.2. The molecule has 5 heteroatoms. The Kier molecular flexibility index (Phi) is 2.41. The average molecular weight is 321 g/mol. The van der Waals surface area contributed by atoms with Crippen molar-refractivity contribution in [3.8, 4) is 0 Å². The van der Waals surface area contributed by atoms with Gasteiger partial charge in [-0.1, -0.05) is 50.1 Å². The molecule has 0 N–H and O–H groups in total. The summed E-state index contributed by atoms with van der Waals surface area (Å²) in [6.45, 7) is 0. The van der Waals surface area contributed by atoms with Crippen LogP contribution in [0.1, 0.15) is 5.56 Å². The van der Waals surface area contributed by atoms with Crippen LogP contribution in [0.2, 0.25) is 0 Å². The van der Waals surface area contributed by atoms with E-state index in [1.807, 2.05) is 24.3 Å². The van der Waals surface area contributed by atoms with Crippen LogP contribution < -0.4 is 5.06 Å². The Morgan fingerprint density at radius 1 is 1.36 bits per heavy atom. The van der Waals surface area contributed by atoms with Crippen molar-refractivity contribution in [2.75, 3.05) is 12.2 Å². The van der Waals surface area contributed by atoms with E-state index in [0.29, 0.717) is 0 Å². The molecule has 1 aliphatic rings. The van der Waals surface area contributed by atoms with Crippen molar-refractivity contribution in [1.29, 1.82) is 0 Å². The number of hydrogen-bond acceptors (Lipinski definition) is 2. The summed E-state index contributed by atoms with van der Waals surface area (Å²) >= 11 is 6.67. The second-order valence-corrected chi connectivity index (χ2v) is 6.32. The first-order valence-electron chi connectivity index (χ1n) is 3.95. The van der Waals surface area contributed by atoms with Gasteiger partial charge >= 0.3 is 0 Å². The number of nitrogens with zero attached hydrogens (tertiary/aromatic N) is 1. The molecule has 0 fully saturated rings. The van der Waals surface area contributed by atoms with Crippen molar-refractivity contribution in [3.63, 3.8) is 0 Å². The lowest BCUT2D eigenvalue weighted by Crippen LogP contribution is -2.31. The molecular weight excluding hydrogens is 314 g/mol. The summed E-state index contributed by atoms with van der Waals surface area (Å²) in [7, 11) is 1.47. The van der Waals surface area contributed by atoms with E-state index in [9.17, 15) is 4.79 Å². The topological polar surface area (TPSA) is 29.5 Å². The fraction of sp³-hybridized carbons (Fsp3) is 0.222. The highest BCUT2D eigenvalue weighted by Gasteiger charge is 2.48. The van der Waals surface area contributed by atoms with E-state index in [4.69, 9.17) is 4.84 Å². The monoisotopic (exact) mass is 319 g/mol. The summed E-state index contributed by atoms with van der Waals surface area (Å²) in [4.78, 5) is 16.8. The minimum Gasteiger partial charge on any atom is -0.269 e. The normalized spacial score (nSPS) is 18.5. The Morgan fingerprint density at radius 3 is 2.64 bits per heavy atom. The average Bonchev–Trinajstić information content (AvgIpc) is 2.37. The first kappa shape index (κ1) is 10.1. The van der Waals surface area contributed by atoms with Gasteiger partial charge in [-0.25, -0.2) is 0 Å². The van der Waals surface area contributed by atoms with Crippen molar-refractivity contribution < 1.29 is 9.63 Å². The van der Waals surface area contributed by atoms with Crippen LogP contribution in [0.15, 0.2) is 24.3 Å². The highest BCUT2D eigenvalue weighted by Crippen LogP contribution is 2.50. The van der Waals surface area contributed by atoms with Gasteiger partial charge in [0.05, 0.1) is 12.8 Å². The number of amides is 1. The SMILES string of the molecule is CON1C(=O)C(Br)(Br)c2ccccc21. The van der Waals surface area contributed by atoms with E-state index >= 15 is 0 Å². The van der Waals surface area contributed by atoms with Gasteiger partial charge in [-0.2, -0.15) is 5.06 Å². The van der Waals surface area contributed by atoms with E-state index in [0.717, 1.165) is 11.3 Å². The summed E-state index contributed by atoms with van der Waals surface area (Å²) in [6, 6.07) is 7.44. The van der Waals surface area contributed by atoms with Gasteiger partial charge in [-0.15, -0.1) is 0 Å². The number of hydrogen-bond donors (Lipinski definition) is 0. The molecular formula is C9H7Br2NO2. The van der Waals surface area contributed by atoms with Crippen molar-refractivity contribution >= 4 is 43.5 Å².